The number of nitrogens with two attached hydrogens (primary N) is 1. The molecule has 0 aliphatic carbocycles. The van der Waals surface area contributed by atoms with Crippen LogP contribution in [-0.2, 0) is 5.75 Å². The van der Waals surface area contributed by atoms with E-state index in [1.54, 1.807) is 54.2 Å². The molecule has 0 fully saturated rings. The number of amides is 1. The highest BCUT2D eigenvalue weighted by molar-refractivity contribution is 7.98. The molecule has 5 heteroatoms. The maximum atomic E-state index is 11.1. The Morgan fingerprint density at radius 1 is 1.05 bits per heavy atom. The molecule has 0 bridgehead atoms. The fourth-order valence-electron chi connectivity index (χ4n) is 1.67. The van der Waals surface area contributed by atoms with Crippen molar-refractivity contribution in [3.8, 4) is 0 Å². The molecule has 20 heavy (non-hydrogen) atoms. The average Bonchev–Trinajstić information content (AvgIpc) is 2.46. The standard InChI is InChI=1S/C15H13NO3S/c16-14(17)12-3-1-2-10(8-12)9-20-13-6-4-11(5-7-13)15(18)19/h1-8H,9H2,(H2,16,17)(H,18,19). The van der Waals surface area contributed by atoms with E-state index in [9.17, 15) is 9.59 Å². The highest BCUT2D eigenvalue weighted by Gasteiger charge is 2.04. The molecule has 3 N–H and O–H groups in total. The van der Waals surface area contributed by atoms with Crippen molar-refractivity contribution in [3.63, 3.8) is 0 Å². The van der Waals surface area contributed by atoms with Crippen LogP contribution in [-0.4, -0.2) is 17.0 Å². The summed E-state index contributed by atoms with van der Waals surface area (Å²) in [5.74, 6) is -0.688. The maximum absolute atomic E-state index is 11.1. The van der Waals surface area contributed by atoms with E-state index in [0.29, 0.717) is 11.3 Å². The number of hydrogen-bond acceptors (Lipinski definition) is 3. The number of rotatable bonds is 5. The number of hydrogen-bond donors (Lipinski definition) is 2. The first-order valence-electron chi connectivity index (χ1n) is 5.91. The van der Waals surface area contributed by atoms with Gasteiger partial charge in [-0.1, -0.05) is 12.1 Å². The van der Waals surface area contributed by atoms with Crippen molar-refractivity contribution in [1.82, 2.24) is 0 Å². The molecule has 0 spiro atoms. The molecule has 0 saturated carbocycles. The van der Waals surface area contributed by atoms with Gasteiger partial charge in [0.25, 0.3) is 0 Å². The van der Waals surface area contributed by atoms with Crippen molar-refractivity contribution in [3.05, 3.63) is 65.2 Å². The lowest BCUT2D eigenvalue weighted by atomic mass is 10.1. The van der Waals surface area contributed by atoms with Gasteiger partial charge in [0.2, 0.25) is 5.91 Å². The summed E-state index contributed by atoms with van der Waals surface area (Å²) in [6.07, 6.45) is 0. The molecule has 4 nitrogen and oxygen atoms in total. The Morgan fingerprint density at radius 3 is 2.35 bits per heavy atom. The third-order valence-electron chi connectivity index (χ3n) is 2.72. The van der Waals surface area contributed by atoms with Gasteiger partial charge in [0.05, 0.1) is 5.56 Å². The molecule has 0 aliphatic heterocycles. The second-order valence-corrected chi connectivity index (χ2v) is 5.23. The second-order valence-electron chi connectivity index (χ2n) is 4.18. The molecule has 102 valence electrons. The molecule has 0 unspecified atom stereocenters. The zero-order valence-corrected chi connectivity index (χ0v) is 11.4. The molecule has 2 aromatic rings. The zero-order valence-electron chi connectivity index (χ0n) is 10.6. The van der Waals surface area contributed by atoms with Gasteiger partial charge in [0.1, 0.15) is 0 Å². The molecular formula is C15H13NO3S. The van der Waals surface area contributed by atoms with Gasteiger partial charge in [-0.15, -0.1) is 11.8 Å². The molecular weight excluding hydrogens is 274 g/mol. The van der Waals surface area contributed by atoms with Crippen molar-refractivity contribution < 1.29 is 14.7 Å². The Hall–Kier alpha value is -2.27. The van der Waals surface area contributed by atoms with Crippen LogP contribution in [0, 0.1) is 0 Å². The van der Waals surface area contributed by atoms with E-state index in [2.05, 4.69) is 0 Å². The molecule has 0 heterocycles. The molecule has 0 aliphatic rings. The van der Waals surface area contributed by atoms with E-state index in [1.807, 2.05) is 6.07 Å². The summed E-state index contributed by atoms with van der Waals surface area (Å²) in [5, 5.41) is 8.82. The van der Waals surface area contributed by atoms with Crippen molar-refractivity contribution >= 4 is 23.6 Å². The minimum Gasteiger partial charge on any atom is -0.478 e. The Kier molecular flexibility index (Phi) is 4.42. The number of benzene rings is 2. The third kappa shape index (κ3) is 3.61. The lowest BCUT2D eigenvalue weighted by Gasteiger charge is -2.04. The Labute approximate surface area is 120 Å². The lowest BCUT2D eigenvalue weighted by molar-refractivity contribution is 0.0696. The number of carboxylic acid groups (broad SMARTS) is 1. The first kappa shape index (κ1) is 14.1. The normalized spacial score (nSPS) is 10.2. The lowest BCUT2D eigenvalue weighted by Crippen LogP contribution is -2.10. The zero-order chi connectivity index (χ0) is 14.5. The SMILES string of the molecule is NC(=O)c1cccc(CSc2ccc(C(=O)O)cc2)c1. The topological polar surface area (TPSA) is 80.4 Å². The minimum atomic E-state index is -0.935. The van der Waals surface area contributed by atoms with Gasteiger partial charge in [-0.05, 0) is 42.0 Å². The Morgan fingerprint density at radius 2 is 1.75 bits per heavy atom. The van der Waals surface area contributed by atoms with E-state index in [0.717, 1.165) is 10.5 Å². The number of aromatic carboxylic acids is 1. The largest absolute Gasteiger partial charge is 0.478 e. The summed E-state index contributed by atoms with van der Waals surface area (Å²) in [6.45, 7) is 0. The summed E-state index contributed by atoms with van der Waals surface area (Å²) >= 11 is 1.57. The summed E-state index contributed by atoms with van der Waals surface area (Å²) in [4.78, 5) is 22.8. The first-order valence-corrected chi connectivity index (χ1v) is 6.90. The minimum absolute atomic E-state index is 0.269. The van der Waals surface area contributed by atoms with E-state index >= 15 is 0 Å². The first-order chi connectivity index (χ1) is 9.56. The highest BCUT2D eigenvalue weighted by Crippen LogP contribution is 2.23. The summed E-state index contributed by atoms with van der Waals surface area (Å²) in [7, 11) is 0. The Balaban J connectivity index is 2.03. The summed E-state index contributed by atoms with van der Waals surface area (Å²) in [5.41, 5.74) is 6.99. The molecule has 0 radical (unpaired) electrons. The fourth-order valence-corrected chi connectivity index (χ4v) is 2.52. The average molecular weight is 287 g/mol. The number of primary amides is 1. The monoisotopic (exact) mass is 287 g/mol. The van der Waals surface area contributed by atoms with Crippen LogP contribution in [0.5, 0.6) is 0 Å². The van der Waals surface area contributed by atoms with Crippen LogP contribution in [0.3, 0.4) is 0 Å². The quantitative estimate of drug-likeness (QED) is 0.829. The van der Waals surface area contributed by atoms with Gasteiger partial charge in [0.15, 0.2) is 0 Å². The van der Waals surface area contributed by atoms with Crippen LogP contribution in [0.1, 0.15) is 26.3 Å². The van der Waals surface area contributed by atoms with Crippen molar-refractivity contribution in [2.45, 2.75) is 10.6 Å². The molecule has 0 atom stereocenters. The molecule has 2 rings (SSSR count). The van der Waals surface area contributed by atoms with Crippen molar-refractivity contribution in [1.29, 1.82) is 0 Å². The van der Waals surface area contributed by atoms with E-state index < -0.39 is 11.9 Å². The predicted molar refractivity (Wildman–Crippen MR) is 77.9 cm³/mol. The number of thioether (sulfide) groups is 1. The maximum Gasteiger partial charge on any atom is 0.335 e. The van der Waals surface area contributed by atoms with Gasteiger partial charge >= 0.3 is 5.97 Å². The summed E-state index contributed by atoms with van der Waals surface area (Å²) in [6, 6.07) is 13.8. The summed E-state index contributed by atoms with van der Waals surface area (Å²) < 4.78 is 0. The van der Waals surface area contributed by atoms with Crippen molar-refractivity contribution in [2.24, 2.45) is 5.73 Å². The van der Waals surface area contributed by atoms with Gasteiger partial charge in [-0.2, -0.15) is 0 Å². The molecule has 0 saturated heterocycles. The molecule has 0 aromatic heterocycles. The predicted octanol–water partition coefficient (Wildman–Crippen LogP) is 2.78. The fraction of sp³-hybridized carbons (Fsp3) is 0.0667. The number of carbonyl (C=O) groups is 2. The van der Waals surface area contributed by atoms with Gasteiger partial charge in [0, 0.05) is 16.2 Å². The van der Waals surface area contributed by atoms with Crippen LogP contribution in [0.15, 0.2) is 53.4 Å². The third-order valence-corrected chi connectivity index (χ3v) is 3.80. The van der Waals surface area contributed by atoms with Crippen molar-refractivity contribution in [2.75, 3.05) is 0 Å². The van der Waals surface area contributed by atoms with E-state index in [1.165, 1.54) is 0 Å². The Bertz CT molecular complexity index is 638. The smallest absolute Gasteiger partial charge is 0.335 e. The van der Waals surface area contributed by atoms with Gasteiger partial charge < -0.3 is 10.8 Å². The van der Waals surface area contributed by atoms with Crippen LogP contribution in [0.2, 0.25) is 0 Å². The van der Waals surface area contributed by atoms with Crippen LogP contribution in [0.4, 0.5) is 0 Å². The second kappa shape index (κ2) is 6.25. The molecule has 2 aromatic carbocycles. The van der Waals surface area contributed by atoms with Crippen LogP contribution in [0.25, 0.3) is 0 Å². The van der Waals surface area contributed by atoms with Gasteiger partial charge in [-0.25, -0.2) is 4.79 Å². The number of carbonyl (C=O) groups excluding carboxylic acids is 1. The van der Waals surface area contributed by atoms with Gasteiger partial charge in [-0.3, -0.25) is 4.79 Å². The molecule has 1 amide bonds. The highest BCUT2D eigenvalue weighted by atomic mass is 32.2. The van der Waals surface area contributed by atoms with E-state index in [4.69, 9.17) is 10.8 Å². The van der Waals surface area contributed by atoms with Crippen LogP contribution >= 0.6 is 11.8 Å². The number of carboxylic acids is 1. The van der Waals surface area contributed by atoms with E-state index in [-0.39, 0.29) is 5.56 Å². The van der Waals surface area contributed by atoms with Crippen LogP contribution < -0.4 is 5.73 Å².